The van der Waals surface area contributed by atoms with E-state index in [4.69, 9.17) is 5.11 Å². The summed E-state index contributed by atoms with van der Waals surface area (Å²) in [5.41, 5.74) is 0. The smallest absolute Gasteiger partial charge is 0.303 e. The van der Waals surface area contributed by atoms with Gasteiger partial charge in [-0.3, -0.25) is 4.79 Å². The minimum atomic E-state index is -0.740. The lowest BCUT2D eigenvalue weighted by Crippen LogP contribution is -1.91. The van der Waals surface area contributed by atoms with Gasteiger partial charge in [-0.1, -0.05) is 67.7 Å². The Morgan fingerprint density at radius 1 is 0.714 bits per heavy atom. The summed E-state index contributed by atoms with van der Waals surface area (Å²) in [6.45, 7) is 2.14. The second-order valence-electron chi connectivity index (χ2n) is 4.64. The van der Waals surface area contributed by atoms with Crippen LogP contribution in [0.15, 0.2) is 60.8 Å². The van der Waals surface area contributed by atoms with Crippen molar-refractivity contribution >= 4 is 5.97 Å². The number of carboxylic acid groups (broad SMARTS) is 1. The minimum absolute atomic E-state index is 0.213. The molecule has 116 valence electrons. The molecular weight excluding hydrogens is 260 g/mol. The van der Waals surface area contributed by atoms with E-state index < -0.39 is 5.97 Å². The molecule has 0 rings (SSSR count). The minimum Gasteiger partial charge on any atom is -0.481 e. The summed E-state index contributed by atoms with van der Waals surface area (Å²) < 4.78 is 0. The lowest BCUT2D eigenvalue weighted by atomic mass is 10.2. The topological polar surface area (TPSA) is 37.3 Å². The molecule has 1 N–H and O–H groups in total. The van der Waals surface area contributed by atoms with Crippen LogP contribution in [0.2, 0.25) is 0 Å². The molecule has 2 heteroatoms. The van der Waals surface area contributed by atoms with Crippen molar-refractivity contribution in [2.24, 2.45) is 0 Å². The van der Waals surface area contributed by atoms with Gasteiger partial charge in [-0.15, -0.1) is 0 Å². The molecule has 0 bridgehead atoms. The molecule has 0 saturated carbocycles. The maximum absolute atomic E-state index is 10.3. The van der Waals surface area contributed by atoms with E-state index in [-0.39, 0.29) is 6.42 Å². The highest BCUT2D eigenvalue weighted by Crippen LogP contribution is 1.97. The standard InChI is InChI=1S/C19H28O2/c1-2-3-4-5-6-7-8-9-10-11-12-13-14-15-16-17-18-19(20)21/h3-4,6-7,9-10,12-13,15-16H,2,5,8,11,14,17-18H2,1H3,(H,20,21)/b4-3-,7-6+,10-9+,13-12+,16-15+. The van der Waals surface area contributed by atoms with Gasteiger partial charge >= 0.3 is 5.97 Å². The quantitative estimate of drug-likeness (QED) is 0.474. The molecule has 0 fully saturated rings. The predicted octanol–water partition coefficient (Wildman–Crippen LogP) is 5.60. The van der Waals surface area contributed by atoms with Gasteiger partial charge in [0, 0.05) is 6.42 Å². The van der Waals surface area contributed by atoms with Gasteiger partial charge in [-0.25, -0.2) is 0 Å². The summed E-state index contributed by atoms with van der Waals surface area (Å²) in [6.07, 6.45) is 27.0. The Morgan fingerprint density at radius 2 is 1.10 bits per heavy atom. The van der Waals surface area contributed by atoms with Crippen LogP contribution in [0, 0.1) is 0 Å². The van der Waals surface area contributed by atoms with E-state index >= 15 is 0 Å². The zero-order valence-electron chi connectivity index (χ0n) is 13.1. The number of hydrogen-bond acceptors (Lipinski definition) is 1. The SMILES string of the molecule is CC/C=C\C/C=C/C/C=C/C/C=C/C/C=C/CCC(=O)O. The molecule has 2 nitrogen and oxygen atoms in total. The Labute approximate surface area is 129 Å². The number of hydrogen-bond donors (Lipinski definition) is 1. The van der Waals surface area contributed by atoms with Gasteiger partial charge in [0.2, 0.25) is 0 Å². The van der Waals surface area contributed by atoms with E-state index in [9.17, 15) is 4.79 Å². The van der Waals surface area contributed by atoms with Crippen LogP contribution in [0.5, 0.6) is 0 Å². The monoisotopic (exact) mass is 288 g/mol. The summed E-state index contributed by atoms with van der Waals surface area (Å²) in [6, 6.07) is 0. The molecule has 0 atom stereocenters. The molecule has 0 aromatic carbocycles. The summed E-state index contributed by atoms with van der Waals surface area (Å²) in [5, 5.41) is 8.47. The third kappa shape index (κ3) is 18.2. The first-order valence-corrected chi connectivity index (χ1v) is 7.74. The fourth-order valence-corrected chi connectivity index (χ4v) is 1.58. The molecule has 0 spiro atoms. The average Bonchev–Trinajstić information content (AvgIpc) is 2.46. The Morgan fingerprint density at radius 3 is 1.48 bits per heavy atom. The second kappa shape index (κ2) is 16.2. The van der Waals surface area contributed by atoms with E-state index in [1.807, 2.05) is 12.2 Å². The highest BCUT2D eigenvalue weighted by molar-refractivity contribution is 5.66. The van der Waals surface area contributed by atoms with Crippen LogP contribution < -0.4 is 0 Å². The lowest BCUT2D eigenvalue weighted by molar-refractivity contribution is -0.136. The van der Waals surface area contributed by atoms with E-state index in [0.29, 0.717) is 6.42 Å². The molecule has 0 heterocycles. The van der Waals surface area contributed by atoms with Crippen LogP contribution in [0.4, 0.5) is 0 Å². The summed E-state index contributed by atoms with van der Waals surface area (Å²) in [5.74, 6) is -0.740. The van der Waals surface area contributed by atoms with Crippen LogP contribution >= 0.6 is 0 Å². The van der Waals surface area contributed by atoms with E-state index in [0.717, 1.165) is 32.1 Å². The van der Waals surface area contributed by atoms with E-state index in [1.54, 1.807) is 0 Å². The summed E-state index contributed by atoms with van der Waals surface area (Å²) in [7, 11) is 0. The molecule has 0 aliphatic carbocycles. The summed E-state index contributed by atoms with van der Waals surface area (Å²) in [4.78, 5) is 10.3. The van der Waals surface area contributed by atoms with Crippen molar-refractivity contribution in [2.45, 2.75) is 51.9 Å². The third-order valence-corrected chi connectivity index (χ3v) is 2.68. The average molecular weight is 288 g/mol. The van der Waals surface area contributed by atoms with Gasteiger partial charge in [-0.05, 0) is 38.5 Å². The second-order valence-corrected chi connectivity index (χ2v) is 4.64. The van der Waals surface area contributed by atoms with Crippen molar-refractivity contribution in [1.82, 2.24) is 0 Å². The first-order valence-electron chi connectivity index (χ1n) is 7.74. The van der Waals surface area contributed by atoms with Crippen molar-refractivity contribution in [3.8, 4) is 0 Å². The van der Waals surface area contributed by atoms with Crippen molar-refractivity contribution in [3.05, 3.63) is 60.8 Å². The molecular formula is C19H28O2. The molecule has 0 radical (unpaired) electrons. The van der Waals surface area contributed by atoms with Crippen molar-refractivity contribution in [1.29, 1.82) is 0 Å². The fraction of sp³-hybridized carbons (Fsp3) is 0.421. The normalized spacial score (nSPS) is 12.8. The molecule has 0 aliphatic rings. The van der Waals surface area contributed by atoms with Gasteiger partial charge in [0.25, 0.3) is 0 Å². The highest BCUT2D eigenvalue weighted by Gasteiger charge is 1.90. The molecule has 0 amide bonds. The molecule has 21 heavy (non-hydrogen) atoms. The van der Waals surface area contributed by atoms with Gasteiger partial charge in [0.1, 0.15) is 0 Å². The lowest BCUT2D eigenvalue weighted by Gasteiger charge is -1.87. The first kappa shape index (κ1) is 19.2. The highest BCUT2D eigenvalue weighted by atomic mass is 16.4. The fourth-order valence-electron chi connectivity index (χ4n) is 1.58. The zero-order valence-corrected chi connectivity index (χ0v) is 13.1. The molecule has 0 saturated heterocycles. The number of carbonyl (C=O) groups is 1. The first-order chi connectivity index (χ1) is 10.3. The summed E-state index contributed by atoms with van der Waals surface area (Å²) >= 11 is 0. The van der Waals surface area contributed by atoms with Gasteiger partial charge < -0.3 is 5.11 Å². The van der Waals surface area contributed by atoms with E-state index in [2.05, 4.69) is 55.5 Å². The van der Waals surface area contributed by atoms with Crippen LogP contribution in [-0.4, -0.2) is 11.1 Å². The van der Waals surface area contributed by atoms with Crippen LogP contribution in [0.1, 0.15) is 51.9 Å². The molecule has 0 aliphatic heterocycles. The molecule has 0 aromatic heterocycles. The zero-order chi connectivity index (χ0) is 15.6. The number of allylic oxidation sites excluding steroid dienone is 10. The molecule has 0 aromatic rings. The Bertz CT molecular complexity index is 384. The largest absolute Gasteiger partial charge is 0.481 e. The third-order valence-electron chi connectivity index (χ3n) is 2.68. The maximum Gasteiger partial charge on any atom is 0.303 e. The number of aliphatic carboxylic acids is 1. The van der Waals surface area contributed by atoms with Crippen LogP contribution in [-0.2, 0) is 4.79 Å². The van der Waals surface area contributed by atoms with Crippen molar-refractivity contribution < 1.29 is 9.90 Å². The predicted molar refractivity (Wildman–Crippen MR) is 91.3 cm³/mol. The van der Waals surface area contributed by atoms with Crippen molar-refractivity contribution in [3.63, 3.8) is 0 Å². The van der Waals surface area contributed by atoms with Gasteiger partial charge in [0.15, 0.2) is 0 Å². The maximum atomic E-state index is 10.3. The Balaban J connectivity index is 3.47. The van der Waals surface area contributed by atoms with Crippen molar-refractivity contribution in [2.75, 3.05) is 0 Å². The van der Waals surface area contributed by atoms with Gasteiger partial charge in [0.05, 0.1) is 0 Å². The van der Waals surface area contributed by atoms with Gasteiger partial charge in [-0.2, -0.15) is 0 Å². The van der Waals surface area contributed by atoms with E-state index in [1.165, 1.54) is 0 Å². The number of carboxylic acids is 1. The molecule has 0 unspecified atom stereocenters. The van der Waals surface area contributed by atoms with Crippen LogP contribution in [0.3, 0.4) is 0 Å². The number of rotatable bonds is 12. The Kier molecular flexibility index (Phi) is 14.8. The Hall–Kier alpha value is -1.83. The van der Waals surface area contributed by atoms with Crippen LogP contribution in [0.25, 0.3) is 0 Å².